The number of amides is 1. The molecule has 0 aromatic heterocycles. The summed E-state index contributed by atoms with van der Waals surface area (Å²) in [6.07, 6.45) is -0.0919. The van der Waals surface area contributed by atoms with Crippen LogP contribution in [0.4, 0.5) is 4.39 Å². The van der Waals surface area contributed by atoms with Crippen molar-refractivity contribution in [2.75, 3.05) is 6.61 Å². The average molecular weight is 219 g/mol. The van der Waals surface area contributed by atoms with Crippen molar-refractivity contribution >= 4 is 11.9 Å². The maximum atomic E-state index is 13.3. The number of hydrogen-bond acceptors (Lipinski definition) is 3. The second-order valence-electron chi connectivity index (χ2n) is 3.93. The van der Waals surface area contributed by atoms with Crippen molar-refractivity contribution in [2.45, 2.75) is 45.8 Å². The second-order valence-corrected chi connectivity index (χ2v) is 3.93. The fourth-order valence-electron chi connectivity index (χ4n) is 1.17. The van der Waals surface area contributed by atoms with Crippen molar-refractivity contribution in [3.63, 3.8) is 0 Å². The lowest BCUT2D eigenvalue weighted by molar-refractivity contribution is -0.148. The topological polar surface area (TPSA) is 55.4 Å². The lowest BCUT2D eigenvalue weighted by Gasteiger charge is -2.22. The molecule has 1 unspecified atom stereocenters. The molecule has 0 rings (SSSR count). The molecule has 0 aliphatic rings. The monoisotopic (exact) mass is 219 g/mol. The van der Waals surface area contributed by atoms with Gasteiger partial charge in [-0.05, 0) is 20.8 Å². The van der Waals surface area contributed by atoms with E-state index >= 15 is 0 Å². The molecule has 0 heterocycles. The molecule has 88 valence electrons. The number of nitrogens with one attached hydrogen (secondary N) is 1. The van der Waals surface area contributed by atoms with E-state index < -0.39 is 17.7 Å². The molecule has 0 aliphatic heterocycles. The minimum Gasteiger partial charge on any atom is -0.464 e. The van der Waals surface area contributed by atoms with Crippen molar-refractivity contribution in [1.82, 2.24) is 5.32 Å². The number of rotatable bonds is 5. The number of ether oxygens (including phenoxy) is 1. The fourth-order valence-corrected chi connectivity index (χ4v) is 1.17. The van der Waals surface area contributed by atoms with E-state index in [1.165, 1.54) is 20.8 Å². The van der Waals surface area contributed by atoms with Gasteiger partial charge in [-0.25, -0.2) is 9.18 Å². The zero-order valence-corrected chi connectivity index (χ0v) is 9.59. The fraction of sp³-hybridized carbons (Fsp3) is 0.800. The molecule has 0 aromatic rings. The Morgan fingerprint density at radius 3 is 2.33 bits per heavy atom. The van der Waals surface area contributed by atoms with Crippen LogP contribution in [-0.2, 0) is 14.3 Å². The summed E-state index contributed by atoms with van der Waals surface area (Å²) in [5.41, 5.74) is -1.53. The molecule has 1 amide bonds. The molecular formula is C10H18FNO3. The smallest absolute Gasteiger partial charge is 0.328 e. The molecule has 0 fully saturated rings. The van der Waals surface area contributed by atoms with Gasteiger partial charge in [-0.2, -0.15) is 0 Å². The highest BCUT2D eigenvalue weighted by Gasteiger charge is 2.29. The minimum atomic E-state index is -1.53. The molecule has 1 N–H and O–H groups in total. The maximum Gasteiger partial charge on any atom is 0.328 e. The van der Waals surface area contributed by atoms with Crippen LogP contribution in [-0.4, -0.2) is 30.2 Å². The summed E-state index contributed by atoms with van der Waals surface area (Å²) in [7, 11) is 0. The van der Waals surface area contributed by atoms with E-state index in [1.807, 2.05) is 0 Å². The van der Waals surface area contributed by atoms with Crippen molar-refractivity contribution in [2.24, 2.45) is 0 Å². The summed E-state index contributed by atoms with van der Waals surface area (Å²) >= 11 is 0. The van der Waals surface area contributed by atoms with E-state index in [-0.39, 0.29) is 18.9 Å². The molecule has 5 heteroatoms. The standard InChI is InChI=1S/C10H18FNO3/c1-5-15-9(14)8(12-7(2)13)6-10(3,4)11/h8H,5-6H2,1-4H3,(H,12,13). The molecule has 0 spiro atoms. The summed E-state index contributed by atoms with van der Waals surface area (Å²) in [5.74, 6) is -0.976. The molecule has 0 bridgehead atoms. The van der Waals surface area contributed by atoms with Crippen LogP contribution in [0.1, 0.15) is 34.1 Å². The number of esters is 1. The van der Waals surface area contributed by atoms with Crippen LogP contribution < -0.4 is 5.32 Å². The molecule has 4 nitrogen and oxygen atoms in total. The Bertz CT molecular complexity index is 235. The summed E-state index contributed by atoms with van der Waals surface area (Å²) in [6, 6.07) is -0.914. The number of hydrogen-bond donors (Lipinski definition) is 1. The van der Waals surface area contributed by atoms with Gasteiger partial charge in [0.1, 0.15) is 11.7 Å². The first-order valence-corrected chi connectivity index (χ1v) is 4.89. The lowest BCUT2D eigenvalue weighted by Crippen LogP contribution is -2.44. The van der Waals surface area contributed by atoms with Crippen LogP contribution >= 0.6 is 0 Å². The van der Waals surface area contributed by atoms with Crippen molar-refractivity contribution < 1.29 is 18.7 Å². The molecule has 0 saturated heterocycles. The van der Waals surface area contributed by atoms with Crippen LogP contribution in [0.25, 0.3) is 0 Å². The van der Waals surface area contributed by atoms with Crippen LogP contribution in [0.2, 0.25) is 0 Å². The Labute approximate surface area is 89.2 Å². The van der Waals surface area contributed by atoms with Gasteiger partial charge in [0.05, 0.1) is 6.61 Å². The van der Waals surface area contributed by atoms with Crippen molar-refractivity contribution in [1.29, 1.82) is 0 Å². The third kappa shape index (κ3) is 6.88. The first-order chi connectivity index (χ1) is 6.76. The zero-order chi connectivity index (χ0) is 12.1. The predicted octanol–water partition coefficient (Wildman–Crippen LogP) is 1.19. The zero-order valence-electron chi connectivity index (χ0n) is 9.59. The van der Waals surface area contributed by atoms with Crippen molar-refractivity contribution in [3.8, 4) is 0 Å². The highest BCUT2D eigenvalue weighted by molar-refractivity contribution is 5.83. The number of halogens is 1. The molecule has 0 aliphatic carbocycles. The molecule has 15 heavy (non-hydrogen) atoms. The normalized spacial score (nSPS) is 13.1. The van der Waals surface area contributed by atoms with Crippen molar-refractivity contribution in [3.05, 3.63) is 0 Å². The Balaban J connectivity index is 4.44. The summed E-state index contributed by atoms with van der Waals surface area (Å²) < 4.78 is 18.1. The second kappa shape index (κ2) is 5.68. The number of carbonyl (C=O) groups is 2. The van der Waals surface area contributed by atoms with Gasteiger partial charge >= 0.3 is 5.97 Å². The van der Waals surface area contributed by atoms with Gasteiger partial charge in [0.25, 0.3) is 0 Å². The van der Waals surface area contributed by atoms with Gasteiger partial charge in [-0.1, -0.05) is 0 Å². The predicted molar refractivity (Wildman–Crippen MR) is 54.0 cm³/mol. The SMILES string of the molecule is CCOC(=O)C(CC(C)(C)F)NC(C)=O. The molecular weight excluding hydrogens is 201 g/mol. The molecule has 1 atom stereocenters. The van der Waals surface area contributed by atoms with Crippen LogP contribution in [0.3, 0.4) is 0 Å². The van der Waals surface area contributed by atoms with Gasteiger partial charge in [0, 0.05) is 13.3 Å². The van der Waals surface area contributed by atoms with Gasteiger partial charge in [-0.15, -0.1) is 0 Å². The Kier molecular flexibility index (Phi) is 5.25. The van der Waals surface area contributed by atoms with Gasteiger partial charge < -0.3 is 10.1 Å². The number of carbonyl (C=O) groups excluding carboxylic acids is 2. The van der Waals surface area contributed by atoms with E-state index in [0.29, 0.717) is 0 Å². The highest BCUT2D eigenvalue weighted by atomic mass is 19.1. The average Bonchev–Trinajstić information content (AvgIpc) is 1.99. The van der Waals surface area contributed by atoms with E-state index in [2.05, 4.69) is 5.32 Å². The summed E-state index contributed by atoms with van der Waals surface area (Å²) in [6.45, 7) is 5.84. The van der Waals surface area contributed by atoms with E-state index in [9.17, 15) is 14.0 Å². The quantitative estimate of drug-likeness (QED) is 0.707. The third-order valence-corrected chi connectivity index (χ3v) is 1.64. The Morgan fingerprint density at radius 1 is 1.47 bits per heavy atom. The molecule has 0 radical (unpaired) electrons. The lowest BCUT2D eigenvalue weighted by atomic mass is 10.0. The first-order valence-electron chi connectivity index (χ1n) is 4.89. The van der Waals surface area contributed by atoms with E-state index in [0.717, 1.165) is 0 Å². The summed E-state index contributed by atoms with van der Waals surface area (Å²) in [5, 5.41) is 2.37. The largest absolute Gasteiger partial charge is 0.464 e. The number of alkyl halides is 1. The Hall–Kier alpha value is -1.13. The van der Waals surface area contributed by atoms with Gasteiger partial charge in [-0.3, -0.25) is 4.79 Å². The van der Waals surface area contributed by atoms with Crippen LogP contribution in [0.5, 0.6) is 0 Å². The third-order valence-electron chi connectivity index (χ3n) is 1.64. The van der Waals surface area contributed by atoms with E-state index in [1.54, 1.807) is 6.92 Å². The van der Waals surface area contributed by atoms with E-state index in [4.69, 9.17) is 4.74 Å². The Morgan fingerprint density at radius 2 is 2.00 bits per heavy atom. The maximum absolute atomic E-state index is 13.3. The first kappa shape index (κ1) is 13.9. The summed E-state index contributed by atoms with van der Waals surface area (Å²) in [4.78, 5) is 22.2. The van der Waals surface area contributed by atoms with Crippen LogP contribution in [0.15, 0.2) is 0 Å². The van der Waals surface area contributed by atoms with Gasteiger partial charge in [0.2, 0.25) is 5.91 Å². The molecule has 0 aromatic carbocycles. The van der Waals surface area contributed by atoms with Crippen LogP contribution in [0, 0.1) is 0 Å². The highest BCUT2D eigenvalue weighted by Crippen LogP contribution is 2.17. The molecule has 0 saturated carbocycles. The van der Waals surface area contributed by atoms with Gasteiger partial charge in [0.15, 0.2) is 0 Å². The minimum absolute atomic E-state index is 0.0919.